The first-order valence-corrected chi connectivity index (χ1v) is 8.75. The maximum atomic E-state index is 5.32. The van der Waals surface area contributed by atoms with Crippen LogP contribution in [0.4, 0.5) is 0 Å². The van der Waals surface area contributed by atoms with E-state index in [9.17, 15) is 0 Å². The molecule has 0 amide bonds. The van der Waals surface area contributed by atoms with Gasteiger partial charge in [0.2, 0.25) is 0 Å². The number of nitrogens with zero attached hydrogens (tertiary/aromatic N) is 1. The smallest absolute Gasteiger partial charge is 0.0589 e. The molecule has 21 heavy (non-hydrogen) atoms. The molecule has 0 radical (unpaired) electrons. The molecule has 0 spiro atoms. The van der Waals surface area contributed by atoms with Gasteiger partial charge in [-0.1, -0.05) is 35.0 Å². The zero-order valence-electron chi connectivity index (χ0n) is 13.1. The van der Waals surface area contributed by atoms with Gasteiger partial charge in [0.15, 0.2) is 0 Å². The Labute approximate surface area is 137 Å². The fraction of sp³-hybridized carbons (Fsp3) is 0.647. The SMILES string of the molecule is CCC(c1cccc(Br)c1)N(CCOC)CC1CCCN1. The maximum absolute atomic E-state index is 5.32. The van der Waals surface area contributed by atoms with Gasteiger partial charge in [0.1, 0.15) is 0 Å². The van der Waals surface area contributed by atoms with Crippen molar-refractivity contribution in [2.75, 3.05) is 33.4 Å². The summed E-state index contributed by atoms with van der Waals surface area (Å²) in [5.74, 6) is 0. The quantitative estimate of drug-likeness (QED) is 0.771. The molecule has 1 N–H and O–H groups in total. The van der Waals surface area contributed by atoms with Crippen LogP contribution < -0.4 is 5.32 Å². The zero-order chi connectivity index (χ0) is 15.1. The third kappa shape index (κ3) is 5.06. The summed E-state index contributed by atoms with van der Waals surface area (Å²) >= 11 is 3.59. The van der Waals surface area contributed by atoms with Gasteiger partial charge < -0.3 is 10.1 Å². The van der Waals surface area contributed by atoms with Crippen LogP contribution in [0.15, 0.2) is 28.7 Å². The highest BCUT2D eigenvalue weighted by Gasteiger charge is 2.23. The van der Waals surface area contributed by atoms with Crippen molar-refractivity contribution in [2.45, 2.75) is 38.3 Å². The summed E-state index contributed by atoms with van der Waals surface area (Å²) in [6.07, 6.45) is 3.71. The van der Waals surface area contributed by atoms with E-state index in [0.717, 1.165) is 37.1 Å². The van der Waals surface area contributed by atoms with E-state index in [1.807, 2.05) is 0 Å². The predicted octanol–water partition coefficient (Wildman–Crippen LogP) is 3.60. The first-order chi connectivity index (χ1) is 10.2. The Morgan fingerprint density at radius 3 is 2.95 bits per heavy atom. The lowest BCUT2D eigenvalue weighted by molar-refractivity contribution is 0.110. The summed E-state index contributed by atoms with van der Waals surface area (Å²) in [4.78, 5) is 2.58. The number of hydrogen-bond donors (Lipinski definition) is 1. The molecule has 2 atom stereocenters. The van der Waals surface area contributed by atoms with Crippen LogP contribution in [0, 0.1) is 0 Å². The van der Waals surface area contributed by atoms with Crippen molar-refractivity contribution < 1.29 is 4.74 Å². The van der Waals surface area contributed by atoms with Gasteiger partial charge in [-0.3, -0.25) is 4.90 Å². The summed E-state index contributed by atoms with van der Waals surface area (Å²) in [6, 6.07) is 9.79. The Morgan fingerprint density at radius 2 is 2.33 bits per heavy atom. The second-order valence-corrected chi connectivity index (χ2v) is 6.68. The van der Waals surface area contributed by atoms with Gasteiger partial charge >= 0.3 is 0 Å². The van der Waals surface area contributed by atoms with Crippen LogP contribution in [-0.2, 0) is 4.74 Å². The Balaban J connectivity index is 2.10. The van der Waals surface area contributed by atoms with Gasteiger partial charge in [0.05, 0.1) is 6.61 Å². The predicted molar refractivity (Wildman–Crippen MR) is 91.6 cm³/mol. The average Bonchev–Trinajstić information content (AvgIpc) is 2.98. The molecule has 1 heterocycles. The molecule has 1 aromatic carbocycles. The van der Waals surface area contributed by atoms with Crippen LogP contribution in [0.25, 0.3) is 0 Å². The largest absolute Gasteiger partial charge is 0.383 e. The van der Waals surface area contributed by atoms with Crippen LogP contribution >= 0.6 is 15.9 Å². The molecule has 1 fully saturated rings. The van der Waals surface area contributed by atoms with E-state index in [0.29, 0.717) is 12.1 Å². The molecular formula is C17H27BrN2O. The van der Waals surface area contributed by atoms with Crippen molar-refractivity contribution in [1.29, 1.82) is 0 Å². The van der Waals surface area contributed by atoms with Gasteiger partial charge in [-0.2, -0.15) is 0 Å². The second-order valence-electron chi connectivity index (χ2n) is 5.76. The minimum absolute atomic E-state index is 0.458. The molecule has 2 rings (SSSR count). The van der Waals surface area contributed by atoms with E-state index in [2.05, 4.69) is 57.3 Å². The number of benzene rings is 1. The molecule has 4 heteroatoms. The molecule has 118 valence electrons. The van der Waals surface area contributed by atoms with Gasteiger partial charge in [-0.05, 0) is 43.5 Å². The fourth-order valence-electron chi connectivity index (χ4n) is 3.20. The van der Waals surface area contributed by atoms with E-state index in [1.165, 1.54) is 18.4 Å². The monoisotopic (exact) mass is 354 g/mol. The summed E-state index contributed by atoms with van der Waals surface area (Å²) < 4.78 is 6.48. The van der Waals surface area contributed by atoms with Crippen LogP contribution in [0.3, 0.4) is 0 Å². The minimum Gasteiger partial charge on any atom is -0.383 e. The number of hydrogen-bond acceptors (Lipinski definition) is 3. The van der Waals surface area contributed by atoms with E-state index in [1.54, 1.807) is 7.11 Å². The van der Waals surface area contributed by atoms with Gasteiger partial charge in [-0.25, -0.2) is 0 Å². The molecule has 1 saturated heterocycles. The van der Waals surface area contributed by atoms with E-state index < -0.39 is 0 Å². The van der Waals surface area contributed by atoms with Crippen molar-refractivity contribution in [3.05, 3.63) is 34.3 Å². The van der Waals surface area contributed by atoms with E-state index in [-0.39, 0.29) is 0 Å². The Hall–Kier alpha value is -0.420. The minimum atomic E-state index is 0.458. The highest BCUT2D eigenvalue weighted by Crippen LogP contribution is 2.27. The average molecular weight is 355 g/mol. The third-order valence-corrected chi connectivity index (χ3v) is 4.75. The first kappa shape index (κ1) is 16.9. The topological polar surface area (TPSA) is 24.5 Å². The molecule has 0 bridgehead atoms. The van der Waals surface area contributed by atoms with Crippen molar-refractivity contribution >= 4 is 15.9 Å². The molecular weight excluding hydrogens is 328 g/mol. The molecule has 1 aromatic rings. The van der Waals surface area contributed by atoms with Crippen LogP contribution in [-0.4, -0.2) is 44.3 Å². The van der Waals surface area contributed by atoms with Crippen LogP contribution in [0.5, 0.6) is 0 Å². The number of nitrogens with one attached hydrogen (secondary N) is 1. The number of halogens is 1. The summed E-state index contributed by atoms with van der Waals surface area (Å²) in [7, 11) is 1.78. The van der Waals surface area contributed by atoms with Crippen molar-refractivity contribution in [1.82, 2.24) is 10.2 Å². The number of rotatable bonds is 8. The van der Waals surface area contributed by atoms with E-state index in [4.69, 9.17) is 4.74 Å². The second kappa shape index (κ2) is 8.89. The number of methoxy groups -OCH3 is 1. The highest BCUT2D eigenvalue weighted by atomic mass is 79.9. The van der Waals surface area contributed by atoms with Gasteiger partial charge in [0.25, 0.3) is 0 Å². The zero-order valence-corrected chi connectivity index (χ0v) is 14.7. The molecule has 3 nitrogen and oxygen atoms in total. The number of ether oxygens (including phenoxy) is 1. The molecule has 0 aromatic heterocycles. The molecule has 1 aliphatic rings. The molecule has 0 aliphatic carbocycles. The van der Waals surface area contributed by atoms with E-state index >= 15 is 0 Å². The van der Waals surface area contributed by atoms with Crippen LogP contribution in [0.1, 0.15) is 37.8 Å². The normalized spacial score (nSPS) is 20.1. The summed E-state index contributed by atoms with van der Waals surface area (Å²) in [6.45, 7) is 6.31. The van der Waals surface area contributed by atoms with Gasteiger partial charge in [0, 0.05) is 36.8 Å². The van der Waals surface area contributed by atoms with Crippen LogP contribution in [0.2, 0.25) is 0 Å². The fourth-order valence-corrected chi connectivity index (χ4v) is 3.61. The maximum Gasteiger partial charge on any atom is 0.0589 e. The Bertz CT molecular complexity index is 421. The third-order valence-electron chi connectivity index (χ3n) is 4.26. The van der Waals surface area contributed by atoms with Crippen molar-refractivity contribution in [3.8, 4) is 0 Å². The highest BCUT2D eigenvalue weighted by molar-refractivity contribution is 9.10. The lowest BCUT2D eigenvalue weighted by Gasteiger charge is -2.33. The summed E-state index contributed by atoms with van der Waals surface area (Å²) in [5, 5.41) is 3.61. The Kier molecular flexibility index (Phi) is 7.17. The Morgan fingerprint density at radius 1 is 1.48 bits per heavy atom. The first-order valence-electron chi connectivity index (χ1n) is 7.96. The van der Waals surface area contributed by atoms with Gasteiger partial charge in [-0.15, -0.1) is 0 Å². The lowest BCUT2D eigenvalue weighted by atomic mass is 10.0. The lowest BCUT2D eigenvalue weighted by Crippen LogP contribution is -2.41. The summed E-state index contributed by atoms with van der Waals surface area (Å²) in [5.41, 5.74) is 1.39. The van der Waals surface area contributed by atoms with Crippen molar-refractivity contribution in [3.63, 3.8) is 0 Å². The molecule has 2 unspecified atom stereocenters. The molecule has 0 saturated carbocycles. The molecule has 1 aliphatic heterocycles. The standard InChI is InChI=1S/C17H27BrN2O/c1-3-17(14-6-4-7-15(18)12-14)20(10-11-21-2)13-16-8-5-9-19-16/h4,6-7,12,16-17,19H,3,5,8-11,13H2,1-2H3. The van der Waals surface area contributed by atoms with Crippen molar-refractivity contribution in [2.24, 2.45) is 0 Å².